The maximum Gasteiger partial charge on any atom is 0.232 e. The van der Waals surface area contributed by atoms with Crippen LogP contribution in [0.25, 0.3) is 0 Å². The van der Waals surface area contributed by atoms with Crippen LogP contribution in [-0.4, -0.2) is 64.2 Å². The van der Waals surface area contributed by atoms with Crippen molar-refractivity contribution < 1.29 is 4.74 Å². The maximum atomic E-state index is 6.22. The van der Waals surface area contributed by atoms with E-state index in [9.17, 15) is 0 Å². The number of rotatable bonds is 7. The van der Waals surface area contributed by atoms with Crippen molar-refractivity contribution in [1.82, 2.24) is 35.4 Å². The van der Waals surface area contributed by atoms with Gasteiger partial charge in [0.15, 0.2) is 0 Å². The number of hydrogen-bond acceptors (Lipinski definition) is 8. The lowest BCUT2D eigenvalue weighted by atomic mass is 9.90. The van der Waals surface area contributed by atoms with Crippen molar-refractivity contribution >= 4 is 11.9 Å². The van der Waals surface area contributed by atoms with Crippen LogP contribution in [0.1, 0.15) is 103 Å². The molecule has 0 spiro atoms. The topological polar surface area (TPSA) is 78.4 Å². The highest BCUT2D eigenvalue weighted by Crippen LogP contribution is 2.50. The molecule has 0 amide bonds. The molecule has 41 heavy (non-hydrogen) atoms. The highest BCUT2D eigenvalue weighted by atomic mass is 32.2. The maximum absolute atomic E-state index is 6.22. The monoisotopic (exact) mass is 585 g/mol. The van der Waals surface area contributed by atoms with E-state index in [1.54, 1.807) is 0 Å². The molecule has 7 rings (SSSR count). The summed E-state index contributed by atoms with van der Waals surface area (Å²) >= 11 is 1.92. The van der Waals surface area contributed by atoms with E-state index in [1.807, 2.05) is 11.9 Å². The molecule has 6 fully saturated rings. The van der Waals surface area contributed by atoms with Crippen molar-refractivity contribution in [1.29, 1.82) is 0 Å². The lowest BCUT2D eigenvalue weighted by molar-refractivity contribution is 0.00922. The van der Waals surface area contributed by atoms with Gasteiger partial charge in [0.25, 0.3) is 0 Å². The molecule has 4 bridgehead atoms. The summed E-state index contributed by atoms with van der Waals surface area (Å²) < 4.78 is 12.2. The molecular formula is C32H55N7OS. The molecule has 1 aromatic rings. The largest absolute Gasteiger partial charge is 0.477 e. The van der Waals surface area contributed by atoms with Gasteiger partial charge in [-0.15, -0.1) is 5.10 Å². The van der Waals surface area contributed by atoms with E-state index >= 15 is 0 Å². The lowest BCUT2D eigenvalue weighted by Crippen LogP contribution is -2.60. The summed E-state index contributed by atoms with van der Waals surface area (Å²) in [5.74, 6) is 5.03. The van der Waals surface area contributed by atoms with Gasteiger partial charge in [-0.25, -0.2) is 0 Å². The first-order valence-corrected chi connectivity index (χ1v) is 18.0. The van der Waals surface area contributed by atoms with Gasteiger partial charge in [-0.3, -0.25) is 24.9 Å². The molecule has 5 heterocycles. The van der Waals surface area contributed by atoms with Crippen molar-refractivity contribution in [2.75, 3.05) is 26.2 Å². The number of nitrogens with zero attached hydrogens (tertiary/aromatic N) is 3. The van der Waals surface area contributed by atoms with Crippen LogP contribution in [0, 0.1) is 29.6 Å². The standard InChI is InChI=1S/C32H55N7OS/c1-32(2)19-22-5-4-16-33-27-6-3-7-30(35-27)41-34-20-25-12-13-28(36-31(25)38(32)21-22)39-17-14-29(37-39)40-18-15-26(23-8-9-23)24-10-11-24/h14,17,22-28,30-31,33-36H,3-13,15-16,18-21H2,1-2H3/t22-,25?,27?,28?,30?,31?/m1/s1. The van der Waals surface area contributed by atoms with Gasteiger partial charge in [0, 0.05) is 36.8 Å². The highest BCUT2D eigenvalue weighted by Gasteiger charge is 2.46. The second-order valence-corrected chi connectivity index (χ2v) is 15.9. The molecule has 2 saturated carbocycles. The predicted molar refractivity (Wildman–Crippen MR) is 166 cm³/mol. The van der Waals surface area contributed by atoms with Crippen LogP contribution in [0.4, 0.5) is 0 Å². The predicted octanol–water partition coefficient (Wildman–Crippen LogP) is 5.06. The van der Waals surface area contributed by atoms with Crippen molar-refractivity contribution in [3.8, 4) is 5.88 Å². The van der Waals surface area contributed by atoms with Gasteiger partial charge in [-0.05, 0) is 128 Å². The van der Waals surface area contributed by atoms with Gasteiger partial charge in [0.05, 0.1) is 24.3 Å². The van der Waals surface area contributed by atoms with Gasteiger partial charge in [-0.2, -0.15) is 0 Å². The normalized spacial score (nSPS) is 38.2. The molecule has 8 nitrogen and oxygen atoms in total. The average molecular weight is 586 g/mol. The van der Waals surface area contributed by atoms with Crippen LogP contribution in [0.5, 0.6) is 5.88 Å². The zero-order chi connectivity index (χ0) is 27.8. The Morgan fingerprint density at radius 3 is 2.71 bits per heavy atom. The van der Waals surface area contributed by atoms with Gasteiger partial charge in [0.2, 0.25) is 5.88 Å². The average Bonchev–Trinajstić information content (AvgIpc) is 3.90. The fourth-order valence-electron chi connectivity index (χ4n) is 8.66. The summed E-state index contributed by atoms with van der Waals surface area (Å²) in [4.78, 5) is 2.82. The smallest absolute Gasteiger partial charge is 0.232 e. The minimum atomic E-state index is 0.205. The van der Waals surface area contributed by atoms with Crippen LogP contribution < -0.4 is 25.4 Å². The summed E-state index contributed by atoms with van der Waals surface area (Å²) in [6.07, 6.45) is 20.2. The van der Waals surface area contributed by atoms with Gasteiger partial charge in [0.1, 0.15) is 6.17 Å². The summed E-state index contributed by atoms with van der Waals surface area (Å²) in [6, 6.07) is 2.08. The van der Waals surface area contributed by atoms with Crippen LogP contribution in [0.3, 0.4) is 0 Å². The third kappa shape index (κ3) is 7.12. The fourth-order valence-corrected chi connectivity index (χ4v) is 9.69. The van der Waals surface area contributed by atoms with Crippen LogP contribution in [0.2, 0.25) is 0 Å². The Bertz CT molecular complexity index is 984. The molecule has 0 aromatic carbocycles. The Kier molecular flexibility index (Phi) is 8.91. The number of fused-ring (bicyclic) bond motifs is 6. The molecule has 4 saturated heterocycles. The van der Waals surface area contributed by atoms with Crippen molar-refractivity contribution in [2.45, 2.75) is 127 Å². The minimum absolute atomic E-state index is 0.205. The Balaban J connectivity index is 1.00. The summed E-state index contributed by atoms with van der Waals surface area (Å²) in [6.45, 7) is 9.13. The van der Waals surface area contributed by atoms with E-state index in [2.05, 4.69) is 56.4 Å². The second kappa shape index (κ2) is 12.6. The van der Waals surface area contributed by atoms with E-state index in [0.717, 1.165) is 55.7 Å². The summed E-state index contributed by atoms with van der Waals surface area (Å²) in [7, 11) is 0. The SMILES string of the molecule is CC1(C)C[C@H]2CCCNC3CCCC(N3)SNCC3CCC(n4ccc(OCCC(C5CC5)C5CC5)n4)NC3N1C2. The fraction of sp³-hybridized carbons (Fsp3) is 0.906. The number of piperidine rings is 2. The van der Waals surface area contributed by atoms with Crippen LogP contribution in [0.15, 0.2) is 12.3 Å². The highest BCUT2D eigenvalue weighted by molar-refractivity contribution is 7.98. The quantitative estimate of drug-likeness (QED) is 0.331. The first-order chi connectivity index (χ1) is 20.0. The van der Waals surface area contributed by atoms with Crippen molar-refractivity contribution in [3.63, 3.8) is 0 Å². The van der Waals surface area contributed by atoms with Gasteiger partial charge in [-0.1, -0.05) is 11.9 Å². The number of hydrogen-bond donors (Lipinski definition) is 4. The molecule has 6 unspecified atom stereocenters. The molecule has 0 radical (unpaired) electrons. The molecule has 4 aliphatic heterocycles. The Morgan fingerprint density at radius 2 is 1.88 bits per heavy atom. The first-order valence-electron chi connectivity index (χ1n) is 17.1. The summed E-state index contributed by atoms with van der Waals surface area (Å²) in [5.41, 5.74) is 0.205. The molecule has 7 atom stereocenters. The number of nitrogens with one attached hydrogen (secondary N) is 4. The van der Waals surface area contributed by atoms with Crippen molar-refractivity contribution in [2.24, 2.45) is 29.6 Å². The third-order valence-electron chi connectivity index (χ3n) is 11.1. The van der Waals surface area contributed by atoms with Crippen molar-refractivity contribution in [3.05, 3.63) is 12.3 Å². The number of aromatic nitrogens is 2. The molecular weight excluding hydrogens is 530 g/mol. The van der Waals surface area contributed by atoms with Crippen LogP contribution >= 0.6 is 11.9 Å². The minimum Gasteiger partial charge on any atom is -0.477 e. The van der Waals surface area contributed by atoms with Gasteiger partial charge >= 0.3 is 0 Å². The second-order valence-electron chi connectivity index (χ2n) is 14.8. The molecule has 6 aliphatic rings. The molecule has 4 N–H and O–H groups in total. The zero-order valence-corrected chi connectivity index (χ0v) is 26.3. The first kappa shape index (κ1) is 28.9. The summed E-state index contributed by atoms with van der Waals surface area (Å²) in [5, 5.41) is 17.2. The zero-order valence-electron chi connectivity index (χ0n) is 25.5. The van der Waals surface area contributed by atoms with Crippen LogP contribution in [-0.2, 0) is 0 Å². The van der Waals surface area contributed by atoms with Gasteiger partial charge < -0.3 is 10.1 Å². The Labute approximate surface area is 252 Å². The molecule has 2 aliphatic carbocycles. The lowest BCUT2D eigenvalue weighted by Gasteiger charge is -2.47. The van der Waals surface area contributed by atoms with E-state index in [-0.39, 0.29) is 11.7 Å². The third-order valence-corrected chi connectivity index (χ3v) is 12.1. The van der Waals surface area contributed by atoms with E-state index in [0.29, 0.717) is 23.6 Å². The van der Waals surface area contributed by atoms with E-state index in [1.165, 1.54) is 83.6 Å². The van der Waals surface area contributed by atoms with E-state index in [4.69, 9.17) is 9.84 Å². The molecule has 230 valence electrons. The molecule has 9 heteroatoms. The van der Waals surface area contributed by atoms with E-state index < -0.39 is 0 Å². The number of ether oxygens (including phenoxy) is 1. The Morgan fingerprint density at radius 1 is 1.02 bits per heavy atom. The molecule has 1 aromatic heterocycles. The Hall–Kier alpha value is -0.840.